The molecule has 0 spiro atoms. The minimum Gasteiger partial charge on any atom is -0.486 e. The Balaban J connectivity index is 1.77. The number of nitrogens with one attached hydrogen (secondary N) is 1. The first kappa shape index (κ1) is 30.3. The number of amides is 2. The van der Waals surface area contributed by atoms with Crippen molar-refractivity contribution < 1.29 is 27.5 Å². The number of hydrogen-bond donors (Lipinski definition) is 1. The van der Waals surface area contributed by atoms with Gasteiger partial charge in [0.25, 0.3) is 0 Å². The Bertz CT molecular complexity index is 1230. The van der Waals surface area contributed by atoms with E-state index in [1.807, 2.05) is 52.0 Å². The number of sulfonamides is 1. The minimum absolute atomic E-state index is 0.00260. The highest BCUT2D eigenvalue weighted by Crippen LogP contribution is 2.34. The Morgan fingerprint density at radius 1 is 1.00 bits per heavy atom. The molecular formula is C29H41N3O6S. The molecule has 0 saturated heterocycles. The quantitative estimate of drug-likeness (QED) is 0.397. The number of nitrogens with zero attached hydrogens (tertiary/aromatic N) is 2. The molecule has 1 N–H and O–H groups in total. The zero-order valence-electron chi connectivity index (χ0n) is 23.6. The van der Waals surface area contributed by atoms with Crippen LogP contribution in [0.1, 0.15) is 57.6 Å². The van der Waals surface area contributed by atoms with Crippen LogP contribution in [0.3, 0.4) is 0 Å². The Kier molecular flexibility index (Phi) is 10.6. The Morgan fingerprint density at radius 2 is 1.67 bits per heavy atom. The van der Waals surface area contributed by atoms with Gasteiger partial charge in [-0.25, -0.2) is 8.42 Å². The predicted octanol–water partition coefficient (Wildman–Crippen LogP) is 4.03. The lowest BCUT2D eigenvalue weighted by Gasteiger charge is -2.32. The largest absolute Gasteiger partial charge is 0.486 e. The van der Waals surface area contributed by atoms with E-state index >= 15 is 0 Å². The van der Waals surface area contributed by atoms with Gasteiger partial charge in [-0.2, -0.15) is 0 Å². The summed E-state index contributed by atoms with van der Waals surface area (Å²) in [5, 5.41) is 3.01. The van der Waals surface area contributed by atoms with Gasteiger partial charge in [-0.05, 0) is 50.8 Å². The van der Waals surface area contributed by atoms with Gasteiger partial charge in [0.1, 0.15) is 19.3 Å². The second-order valence-electron chi connectivity index (χ2n) is 10.0. The van der Waals surface area contributed by atoms with Crippen LogP contribution in [-0.4, -0.2) is 63.2 Å². The van der Waals surface area contributed by atoms with Crippen molar-refractivity contribution in [2.24, 2.45) is 0 Å². The molecule has 9 nitrogen and oxygen atoms in total. The van der Waals surface area contributed by atoms with Crippen LogP contribution in [-0.2, 0) is 26.2 Å². The third kappa shape index (κ3) is 8.36. The number of rotatable bonds is 13. The highest BCUT2D eigenvalue weighted by atomic mass is 32.2. The molecule has 3 rings (SSSR count). The molecule has 0 fully saturated rings. The van der Waals surface area contributed by atoms with Crippen molar-refractivity contribution in [1.29, 1.82) is 0 Å². The molecule has 2 atom stereocenters. The van der Waals surface area contributed by atoms with Gasteiger partial charge in [-0.15, -0.1) is 0 Å². The summed E-state index contributed by atoms with van der Waals surface area (Å²) >= 11 is 0. The average molecular weight is 560 g/mol. The zero-order valence-corrected chi connectivity index (χ0v) is 24.4. The number of fused-ring (bicyclic) bond motifs is 1. The molecule has 0 unspecified atom stereocenters. The summed E-state index contributed by atoms with van der Waals surface area (Å²) in [6.45, 7) is 9.06. The van der Waals surface area contributed by atoms with Crippen LogP contribution in [0, 0.1) is 6.92 Å². The van der Waals surface area contributed by atoms with Crippen LogP contribution >= 0.6 is 0 Å². The van der Waals surface area contributed by atoms with Crippen LogP contribution in [0.2, 0.25) is 0 Å². The number of hydrogen-bond acceptors (Lipinski definition) is 6. The fraction of sp³-hybridized carbons (Fsp3) is 0.517. The normalized spacial score (nSPS) is 14.3. The Morgan fingerprint density at radius 3 is 2.28 bits per heavy atom. The van der Waals surface area contributed by atoms with Crippen molar-refractivity contribution in [3.8, 4) is 11.5 Å². The lowest BCUT2D eigenvalue weighted by atomic mass is 10.1. The fourth-order valence-corrected chi connectivity index (χ4v) is 5.40. The van der Waals surface area contributed by atoms with Gasteiger partial charge >= 0.3 is 0 Å². The number of anilines is 1. The smallest absolute Gasteiger partial charge is 0.243 e. The maximum atomic E-state index is 13.6. The van der Waals surface area contributed by atoms with Crippen molar-refractivity contribution >= 4 is 27.5 Å². The zero-order chi connectivity index (χ0) is 28.6. The highest BCUT2D eigenvalue weighted by Gasteiger charge is 2.29. The van der Waals surface area contributed by atoms with Crippen LogP contribution in [0.25, 0.3) is 0 Å². The summed E-state index contributed by atoms with van der Waals surface area (Å²) in [5.41, 5.74) is 2.49. The maximum Gasteiger partial charge on any atom is 0.243 e. The first-order valence-corrected chi connectivity index (χ1v) is 15.4. The predicted molar refractivity (Wildman–Crippen MR) is 153 cm³/mol. The van der Waals surface area contributed by atoms with E-state index in [0.29, 0.717) is 43.4 Å². The monoisotopic (exact) mass is 559 g/mol. The molecule has 1 aliphatic rings. The molecule has 0 radical (unpaired) electrons. The SMILES string of the molecule is CC[C@H](C)NC(=O)[C@H](CC)N(Cc1ccc(C)cc1)C(=O)CCCN(c1ccc2c(c1)OCCO2)S(C)(=O)=O. The number of aryl methyl sites for hydroxylation is 1. The maximum absolute atomic E-state index is 13.6. The lowest BCUT2D eigenvalue weighted by Crippen LogP contribution is -2.50. The van der Waals surface area contributed by atoms with Gasteiger partial charge in [0, 0.05) is 31.6 Å². The van der Waals surface area contributed by atoms with Gasteiger partial charge < -0.3 is 19.7 Å². The molecular weight excluding hydrogens is 518 g/mol. The van der Waals surface area contributed by atoms with Crippen molar-refractivity contribution in [3.05, 3.63) is 53.6 Å². The van der Waals surface area contributed by atoms with E-state index in [1.54, 1.807) is 23.1 Å². The molecule has 0 bridgehead atoms. The molecule has 39 heavy (non-hydrogen) atoms. The Hall–Kier alpha value is -3.27. The van der Waals surface area contributed by atoms with Crippen LogP contribution < -0.4 is 19.1 Å². The van der Waals surface area contributed by atoms with Crippen LogP contribution in [0.4, 0.5) is 5.69 Å². The summed E-state index contributed by atoms with van der Waals surface area (Å²) in [6, 6.07) is 12.3. The van der Waals surface area contributed by atoms with Crippen LogP contribution in [0.5, 0.6) is 11.5 Å². The summed E-state index contributed by atoms with van der Waals surface area (Å²) in [5.74, 6) is 0.686. The molecule has 214 valence electrons. The Labute approximate surface area is 232 Å². The summed E-state index contributed by atoms with van der Waals surface area (Å²) in [4.78, 5) is 28.3. The highest BCUT2D eigenvalue weighted by molar-refractivity contribution is 7.92. The standard InChI is InChI=1S/C29H41N3O6S/c1-6-22(4)30-29(34)25(7-2)31(20-23-12-10-21(3)11-13-23)28(33)9-8-16-32(39(5,35)36)24-14-15-26-27(19-24)38-18-17-37-26/h10-15,19,22,25H,6-9,16-18,20H2,1-5H3,(H,30,34)/t22-,25-/m0/s1. The molecule has 0 aromatic heterocycles. The number of benzene rings is 2. The molecule has 2 amide bonds. The number of ether oxygens (including phenoxy) is 2. The third-order valence-electron chi connectivity index (χ3n) is 6.83. The molecule has 0 saturated carbocycles. The second kappa shape index (κ2) is 13.7. The first-order valence-electron chi connectivity index (χ1n) is 13.6. The van der Waals surface area contributed by atoms with E-state index in [9.17, 15) is 18.0 Å². The molecule has 0 aliphatic carbocycles. The number of carbonyl (C=O) groups is 2. The molecule has 1 heterocycles. The summed E-state index contributed by atoms with van der Waals surface area (Å²) < 4.78 is 37.8. The topological polar surface area (TPSA) is 105 Å². The summed E-state index contributed by atoms with van der Waals surface area (Å²) in [6.07, 6.45) is 2.77. The van der Waals surface area contributed by atoms with Crippen molar-refractivity contribution in [3.63, 3.8) is 0 Å². The third-order valence-corrected chi connectivity index (χ3v) is 8.02. The summed E-state index contributed by atoms with van der Waals surface area (Å²) in [7, 11) is -3.62. The van der Waals surface area contributed by atoms with Gasteiger partial charge in [-0.1, -0.05) is 43.7 Å². The number of carbonyl (C=O) groups excluding carboxylic acids is 2. The van der Waals surface area contributed by atoms with E-state index in [-0.39, 0.29) is 37.2 Å². The fourth-order valence-electron chi connectivity index (χ4n) is 4.44. The van der Waals surface area contributed by atoms with E-state index in [2.05, 4.69) is 5.32 Å². The molecule has 10 heteroatoms. The van der Waals surface area contributed by atoms with E-state index < -0.39 is 16.1 Å². The first-order chi connectivity index (χ1) is 18.5. The van der Waals surface area contributed by atoms with Gasteiger partial charge in [-0.3, -0.25) is 13.9 Å². The van der Waals surface area contributed by atoms with E-state index in [4.69, 9.17) is 9.47 Å². The molecule has 2 aromatic rings. The van der Waals surface area contributed by atoms with E-state index in [1.165, 1.54) is 4.31 Å². The van der Waals surface area contributed by atoms with Gasteiger partial charge in [0.15, 0.2) is 11.5 Å². The van der Waals surface area contributed by atoms with Crippen molar-refractivity contribution in [2.45, 2.75) is 72.0 Å². The van der Waals surface area contributed by atoms with Crippen LogP contribution in [0.15, 0.2) is 42.5 Å². The second-order valence-corrected chi connectivity index (χ2v) is 11.9. The molecule has 2 aromatic carbocycles. The van der Waals surface area contributed by atoms with Gasteiger partial charge in [0.05, 0.1) is 11.9 Å². The van der Waals surface area contributed by atoms with Crippen molar-refractivity contribution in [1.82, 2.24) is 10.2 Å². The minimum atomic E-state index is -3.62. The van der Waals surface area contributed by atoms with Gasteiger partial charge in [0.2, 0.25) is 21.8 Å². The molecule has 1 aliphatic heterocycles. The van der Waals surface area contributed by atoms with Crippen molar-refractivity contribution in [2.75, 3.05) is 30.3 Å². The lowest BCUT2D eigenvalue weighted by molar-refractivity contribution is -0.141. The average Bonchev–Trinajstić information content (AvgIpc) is 2.90. The van der Waals surface area contributed by atoms with E-state index in [0.717, 1.165) is 23.8 Å².